The summed E-state index contributed by atoms with van der Waals surface area (Å²) in [5.41, 5.74) is 6.57. The fourth-order valence-electron chi connectivity index (χ4n) is 2.78. The van der Waals surface area contributed by atoms with E-state index in [0.717, 1.165) is 44.8 Å². The molecular weight excluding hydrogens is 305 g/mol. The molecule has 5 heteroatoms. The van der Waals surface area contributed by atoms with Gasteiger partial charge in [-0.1, -0.05) is 42.1 Å². The Kier molecular flexibility index (Phi) is 7.11. The average Bonchev–Trinajstić information content (AvgIpc) is 2.51. The molecule has 0 spiro atoms. The van der Waals surface area contributed by atoms with Gasteiger partial charge in [0, 0.05) is 26.2 Å². The third kappa shape index (κ3) is 5.03. The van der Waals surface area contributed by atoms with Crippen molar-refractivity contribution in [2.45, 2.75) is 25.7 Å². The molecule has 2 rings (SSSR count). The molecule has 1 saturated heterocycles. The molecule has 0 atom stereocenters. The predicted octanol–water partition coefficient (Wildman–Crippen LogP) is 3.63. The molecule has 0 amide bonds. The van der Waals surface area contributed by atoms with Crippen molar-refractivity contribution in [1.29, 1.82) is 0 Å². The van der Waals surface area contributed by atoms with Gasteiger partial charge < -0.3 is 10.6 Å². The van der Waals surface area contributed by atoms with Crippen molar-refractivity contribution < 1.29 is 0 Å². The van der Waals surface area contributed by atoms with E-state index in [4.69, 9.17) is 28.9 Å². The van der Waals surface area contributed by atoms with Gasteiger partial charge in [-0.15, -0.1) is 0 Å². The van der Waals surface area contributed by atoms with Gasteiger partial charge in [0.05, 0.1) is 15.7 Å². The maximum atomic E-state index is 6.30. The van der Waals surface area contributed by atoms with Crippen LogP contribution in [0.1, 0.15) is 25.7 Å². The topological polar surface area (TPSA) is 32.5 Å². The Balaban J connectivity index is 1.74. The molecule has 1 fully saturated rings. The zero-order chi connectivity index (χ0) is 15.1. The van der Waals surface area contributed by atoms with Crippen molar-refractivity contribution in [2.24, 2.45) is 5.73 Å². The second-order valence-corrected chi connectivity index (χ2v) is 6.39. The predicted molar refractivity (Wildman–Crippen MR) is 92.6 cm³/mol. The van der Waals surface area contributed by atoms with Crippen molar-refractivity contribution >= 4 is 28.9 Å². The molecule has 0 aromatic heterocycles. The molecule has 2 N–H and O–H groups in total. The number of nitrogens with two attached hydrogens (primary N) is 1. The van der Waals surface area contributed by atoms with Crippen LogP contribution in [-0.4, -0.2) is 44.2 Å². The Morgan fingerprint density at radius 3 is 2.38 bits per heavy atom. The lowest BCUT2D eigenvalue weighted by molar-refractivity contribution is 0.252. The minimum atomic E-state index is 0.636. The molecule has 118 valence electrons. The van der Waals surface area contributed by atoms with E-state index in [2.05, 4.69) is 15.9 Å². The van der Waals surface area contributed by atoms with Gasteiger partial charge >= 0.3 is 0 Å². The minimum absolute atomic E-state index is 0.636. The molecule has 1 aromatic rings. The average molecular weight is 330 g/mol. The molecule has 0 aliphatic carbocycles. The summed E-state index contributed by atoms with van der Waals surface area (Å²) in [4.78, 5) is 4.87. The summed E-state index contributed by atoms with van der Waals surface area (Å²) in [5.74, 6) is 0. The van der Waals surface area contributed by atoms with Crippen LogP contribution < -0.4 is 10.6 Å². The Morgan fingerprint density at radius 1 is 0.952 bits per heavy atom. The number of hydrogen-bond donors (Lipinski definition) is 1. The summed E-state index contributed by atoms with van der Waals surface area (Å²) < 4.78 is 0. The van der Waals surface area contributed by atoms with Crippen LogP contribution in [0.25, 0.3) is 0 Å². The highest BCUT2D eigenvalue weighted by atomic mass is 35.5. The Morgan fingerprint density at radius 2 is 1.67 bits per heavy atom. The number of nitrogens with zero attached hydrogens (tertiary/aromatic N) is 2. The standard InChI is InChI=1S/C16H25Cl2N3/c17-14-6-5-7-15(16(14)18)21-12-10-20(11-13-21)9-4-2-1-3-8-19/h5-7H,1-4,8-13,19H2. The molecule has 0 bridgehead atoms. The molecular formula is C16H25Cl2N3. The lowest BCUT2D eigenvalue weighted by Gasteiger charge is -2.36. The number of halogens is 2. The molecule has 0 radical (unpaired) electrons. The lowest BCUT2D eigenvalue weighted by Crippen LogP contribution is -2.46. The van der Waals surface area contributed by atoms with E-state index in [1.807, 2.05) is 12.1 Å². The summed E-state index contributed by atoms with van der Waals surface area (Å²) >= 11 is 12.4. The maximum absolute atomic E-state index is 6.30. The first-order chi connectivity index (χ1) is 10.2. The van der Waals surface area contributed by atoms with E-state index >= 15 is 0 Å². The summed E-state index contributed by atoms with van der Waals surface area (Å²) in [5, 5.41) is 1.31. The SMILES string of the molecule is NCCCCCCN1CCN(c2cccc(Cl)c2Cl)CC1. The first kappa shape index (κ1) is 16.9. The highest BCUT2D eigenvalue weighted by molar-refractivity contribution is 6.43. The molecule has 21 heavy (non-hydrogen) atoms. The van der Waals surface area contributed by atoms with Crippen molar-refractivity contribution in [1.82, 2.24) is 4.90 Å². The summed E-state index contributed by atoms with van der Waals surface area (Å²) in [7, 11) is 0. The van der Waals surface area contributed by atoms with Crippen LogP contribution in [0.15, 0.2) is 18.2 Å². The van der Waals surface area contributed by atoms with Gasteiger partial charge in [-0.3, -0.25) is 4.90 Å². The van der Waals surface area contributed by atoms with Crippen molar-refractivity contribution in [3.63, 3.8) is 0 Å². The summed E-state index contributed by atoms with van der Waals surface area (Å²) in [6.07, 6.45) is 4.98. The van der Waals surface area contributed by atoms with Crippen LogP contribution in [0, 0.1) is 0 Å². The zero-order valence-corrected chi connectivity index (χ0v) is 14.0. The Bertz CT molecular complexity index is 432. The second-order valence-electron chi connectivity index (χ2n) is 5.60. The van der Waals surface area contributed by atoms with Crippen LogP contribution in [0.2, 0.25) is 10.0 Å². The number of unbranched alkanes of at least 4 members (excludes halogenated alkanes) is 3. The van der Waals surface area contributed by atoms with Crippen LogP contribution in [0.3, 0.4) is 0 Å². The van der Waals surface area contributed by atoms with E-state index in [9.17, 15) is 0 Å². The van der Waals surface area contributed by atoms with Crippen molar-refractivity contribution in [2.75, 3.05) is 44.2 Å². The maximum Gasteiger partial charge on any atom is 0.0825 e. The third-order valence-electron chi connectivity index (χ3n) is 4.07. The van der Waals surface area contributed by atoms with Crippen LogP contribution in [0.5, 0.6) is 0 Å². The third-order valence-corrected chi connectivity index (χ3v) is 4.88. The number of hydrogen-bond acceptors (Lipinski definition) is 3. The van der Waals surface area contributed by atoms with Gasteiger partial charge in [0.15, 0.2) is 0 Å². The minimum Gasteiger partial charge on any atom is -0.368 e. The summed E-state index contributed by atoms with van der Waals surface area (Å²) in [6, 6.07) is 5.86. The highest BCUT2D eigenvalue weighted by Gasteiger charge is 2.19. The number of rotatable bonds is 7. The monoisotopic (exact) mass is 329 g/mol. The molecule has 1 aromatic carbocycles. The van der Waals surface area contributed by atoms with Crippen molar-refractivity contribution in [3.05, 3.63) is 28.2 Å². The second kappa shape index (κ2) is 8.84. The quantitative estimate of drug-likeness (QED) is 0.775. The molecule has 0 unspecified atom stereocenters. The fraction of sp³-hybridized carbons (Fsp3) is 0.625. The first-order valence-electron chi connectivity index (χ1n) is 7.83. The van der Waals surface area contributed by atoms with E-state index in [1.54, 1.807) is 0 Å². The van der Waals surface area contributed by atoms with E-state index in [0.29, 0.717) is 10.0 Å². The van der Waals surface area contributed by atoms with Crippen molar-refractivity contribution in [3.8, 4) is 0 Å². The fourth-order valence-corrected chi connectivity index (χ4v) is 3.20. The molecule has 0 saturated carbocycles. The highest BCUT2D eigenvalue weighted by Crippen LogP contribution is 2.32. The van der Waals surface area contributed by atoms with Gasteiger partial charge in [-0.2, -0.15) is 0 Å². The van der Waals surface area contributed by atoms with Crippen LogP contribution in [-0.2, 0) is 0 Å². The zero-order valence-electron chi connectivity index (χ0n) is 12.5. The van der Waals surface area contributed by atoms with Gasteiger partial charge in [-0.05, 0) is 38.1 Å². The molecule has 1 aliphatic rings. The molecule has 3 nitrogen and oxygen atoms in total. The lowest BCUT2D eigenvalue weighted by atomic mass is 10.1. The van der Waals surface area contributed by atoms with Gasteiger partial charge in [0.25, 0.3) is 0 Å². The Hall–Kier alpha value is -0.480. The largest absolute Gasteiger partial charge is 0.368 e. The molecule has 1 aliphatic heterocycles. The normalized spacial score (nSPS) is 16.4. The molecule has 1 heterocycles. The van der Waals surface area contributed by atoms with E-state index in [-0.39, 0.29) is 0 Å². The van der Waals surface area contributed by atoms with Gasteiger partial charge in [-0.25, -0.2) is 0 Å². The Labute approximate surface area is 138 Å². The number of piperazine rings is 1. The number of anilines is 1. The van der Waals surface area contributed by atoms with Gasteiger partial charge in [0.1, 0.15) is 0 Å². The van der Waals surface area contributed by atoms with Crippen LogP contribution in [0.4, 0.5) is 5.69 Å². The van der Waals surface area contributed by atoms with Crippen LogP contribution >= 0.6 is 23.2 Å². The number of benzene rings is 1. The van der Waals surface area contributed by atoms with E-state index < -0.39 is 0 Å². The smallest absolute Gasteiger partial charge is 0.0825 e. The van der Waals surface area contributed by atoms with Gasteiger partial charge in [0.2, 0.25) is 0 Å². The van der Waals surface area contributed by atoms with E-state index in [1.165, 1.54) is 25.8 Å². The first-order valence-corrected chi connectivity index (χ1v) is 8.59. The summed E-state index contributed by atoms with van der Waals surface area (Å²) in [6.45, 7) is 6.24.